The molecule has 0 amide bonds. The van der Waals surface area contributed by atoms with Crippen molar-refractivity contribution in [3.05, 3.63) is 11.9 Å². The van der Waals surface area contributed by atoms with Gasteiger partial charge >= 0.3 is 5.97 Å². The van der Waals surface area contributed by atoms with Crippen LogP contribution in [0.2, 0.25) is 0 Å². The molecule has 2 heterocycles. The number of carbonyl (C=O) groups is 1. The highest BCUT2D eigenvalue weighted by molar-refractivity contribution is 5.75. The predicted octanol–water partition coefficient (Wildman–Crippen LogP) is -0.603. The Hall–Kier alpha value is -1.63. The first-order valence-electron chi connectivity index (χ1n) is 10.6. The average molecular weight is 446 g/mol. The number of aliphatic hydroxyl groups is 4. The van der Waals surface area contributed by atoms with Crippen LogP contribution in [-0.2, 0) is 32.0 Å². The molecular formula is C20H35N3O8. The van der Waals surface area contributed by atoms with E-state index < -0.39 is 42.7 Å². The Morgan fingerprint density at radius 2 is 1.87 bits per heavy atom. The highest BCUT2D eigenvalue weighted by Gasteiger charge is 2.43. The van der Waals surface area contributed by atoms with Crippen molar-refractivity contribution >= 4 is 5.97 Å². The Morgan fingerprint density at radius 3 is 2.55 bits per heavy atom. The second-order valence-electron chi connectivity index (χ2n) is 8.74. The number of aliphatic hydroxyl groups excluding tert-OH is 4. The summed E-state index contributed by atoms with van der Waals surface area (Å²) in [5.74, 6) is -0.224. The maximum absolute atomic E-state index is 11.7. The monoisotopic (exact) mass is 445 g/mol. The molecule has 0 bridgehead atoms. The summed E-state index contributed by atoms with van der Waals surface area (Å²) >= 11 is 0. The minimum Gasteiger partial charge on any atom is -0.465 e. The zero-order valence-corrected chi connectivity index (χ0v) is 18.4. The SMILES string of the molecule is CC(C)(C)C(=O)OCCCn1cc(CCCCO[C@H]2O[C@H](CO)[C@@H](O)[C@H](O)[C@@H]2O)nn1. The molecule has 31 heavy (non-hydrogen) atoms. The molecule has 1 fully saturated rings. The number of ether oxygens (including phenoxy) is 3. The van der Waals surface area contributed by atoms with Gasteiger partial charge in [0.25, 0.3) is 0 Å². The summed E-state index contributed by atoms with van der Waals surface area (Å²) in [5.41, 5.74) is 0.326. The summed E-state index contributed by atoms with van der Waals surface area (Å²) in [5, 5.41) is 46.8. The largest absolute Gasteiger partial charge is 0.465 e. The number of unbranched alkanes of at least 4 members (excludes halogenated alkanes) is 1. The molecule has 0 spiro atoms. The van der Waals surface area contributed by atoms with E-state index in [1.807, 2.05) is 27.0 Å². The van der Waals surface area contributed by atoms with Crippen LogP contribution in [0.4, 0.5) is 0 Å². The molecule has 1 aliphatic rings. The van der Waals surface area contributed by atoms with E-state index in [9.17, 15) is 25.2 Å². The molecule has 1 aromatic rings. The minimum atomic E-state index is -1.44. The maximum atomic E-state index is 11.7. The van der Waals surface area contributed by atoms with Gasteiger partial charge in [0.2, 0.25) is 0 Å². The second kappa shape index (κ2) is 11.8. The van der Waals surface area contributed by atoms with Crippen LogP contribution in [0.3, 0.4) is 0 Å². The van der Waals surface area contributed by atoms with Crippen LogP contribution in [0.15, 0.2) is 6.20 Å². The van der Waals surface area contributed by atoms with Crippen molar-refractivity contribution in [3.63, 3.8) is 0 Å². The molecule has 4 N–H and O–H groups in total. The molecule has 5 atom stereocenters. The van der Waals surface area contributed by atoms with Crippen LogP contribution in [0.1, 0.15) is 45.7 Å². The summed E-state index contributed by atoms with van der Waals surface area (Å²) in [4.78, 5) is 11.7. The fourth-order valence-corrected chi connectivity index (χ4v) is 2.98. The van der Waals surface area contributed by atoms with E-state index in [4.69, 9.17) is 14.2 Å². The van der Waals surface area contributed by atoms with Crippen LogP contribution in [0.25, 0.3) is 0 Å². The van der Waals surface area contributed by atoms with E-state index in [0.717, 1.165) is 12.1 Å². The zero-order valence-electron chi connectivity index (χ0n) is 18.4. The van der Waals surface area contributed by atoms with Gasteiger partial charge in [-0.25, -0.2) is 0 Å². The smallest absolute Gasteiger partial charge is 0.311 e. The van der Waals surface area contributed by atoms with Gasteiger partial charge in [-0.05, 0) is 40.0 Å². The van der Waals surface area contributed by atoms with Crippen LogP contribution >= 0.6 is 0 Å². The zero-order chi connectivity index (χ0) is 23.0. The van der Waals surface area contributed by atoms with Crippen molar-refractivity contribution in [1.29, 1.82) is 0 Å². The summed E-state index contributed by atoms with van der Waals surface area (Å²) in [7, 11) is 0. The van der Waals surface area contributed by atoms with E-state index >= 15 is 0 Å². The molecule has 178 valence electrons. The fraction of sp³-hybridized carbons (Fsp3) is 0.850. The third-order valence-corrected chi connectivity index (χ3v) is 4.92. The first kappa shape index (κ1) is 25.6. The van der Waals surface area contributed by atoms with Crippen LogP contribution in [0, 0.1) is 5.41 Å². The fourth-order valence-electron chi connectivity index (χ4n) is 2.98. The lowest BCUT2D eigenvalue weighted by Gasteiger charge is -2.39. The Balaban J connectivity index is 1.61. The van der Waals surface area contributed by atoms with Crippen molar-refractivity contribution in [2.45, 2.75) is 83.7 Å². The quantitative estimate of drug-likeness (QED) is 0.256. The van der Waals surface area contributed by atoms with Gasteiger partial charge in [0, 0.05) is 25.8 Å². The lowest BCUT2D eigenvalue weighted by atomic mass is 9.97. The molecule has 11 nitrogen and oxygen atoms in total. The third-order valence-electron chi connectivity index (χ3n) is 4.92. The van der Waals surface area contributed by atoms with Crippen LogP contribution in [0.5, 0.6) is 0 Å². The number of hydrogen-bond donors (Lipinski definition) is 4. The minimum absolute atomic E-state index is 0.224. The lowest BCUT2D eigenvalue weighted by Crippen LogP contribution is -2.59. The highest BCUT2D eigenvalue weighted by Crippen LogP contribution is 2.22. The average Bonchev–Trinajstić information content (AvgIpc) is 3.17. The topological polar surface area (TPSA) is 156 Å². The molecule has 0 unspecified atom stereocenters. The number of rotatable bonds is 11. The molecular weight excluding hydrogens is 410 g/mol. The molecule has 1 saturated heterocycles. The molecule has 1 aromatic heterocycles. The Labute approximate surface area is 181 Å². The molecule has 2 rings (SSSR count). The van der Waals surface area contributed by atoms with Crippen LogP contribution in [-0.4, -0.2) is 91.9 Å². The number of nitrogens with zero attached hydrogens (tertiary/aromatic N) is 3. The standard InChI is InChI=1S/C20H35N3O8/c1-20(2,3)19(28)30-10-6-8-23-11-13(21-22-23)7-4-5-9-29-18-17(27)16(26)15(25)14(12-24)31-18/h11,14-18,24-27H,4-10,12H2,1-3H3/t14-,15-,16+,17+,18+/m1/s1. The summed E-state index contributed by atoms with van der Waals surface area (Å²) < 4.78 is 17.7. The Morgan fingerprint density at radius 1 is 1.13 bits per heavy atom. The van der Waals surface area contributed by atoms with Crippen molar-refractivity contribution in [2.75, 3.05) is 19.8 Å². The molecule has 0 aromatic carbocycles. The van der Waals surface area contributed by atoms with Gasteiger partial charge < -0.3 is 34.6 Å². The van der Waals surface area contributed by atoms with Crippen molar-refractivity contribution in [3.8, 4) is 0 Å². The van der Waals surface area contributed by atoms with Crippen molar-refractivity contribution < 1.29 is 39.4 Å². The molecule has 0 radical (unpaired) electrons. The van der Waals surface area contributed by atoms with Gasteiger partial charge in [0.15, 0.2) is 6.29 Å². The summed E-state index contributed by atoms with van der Waals surface area (Å²) in [6.07, 6.45) is -1.70. The summed E-state index contributed by atoms with van der Waals surface area (Å²) in [6, 6.07) is 0. The van der Waals surface area contributed by atoms with Gasteiger partial charge in [0.05, 0.1) is 24.3 Å². The molecule has 11 heteroatoms. The highest BCUT2D eigenvalue weighted by atomic mass is 16.7. The Kier molecular flexibility index (Phi) is 9.79. The number of carbonyl (C=O) groups excluding carboxylic acids is 1. The van der Waals surface area contributed by atoms with Gasteiger partial charge in [-0.3, -0.25) is 9.48 Å². The van der Waals surface area contributed by atoms with E-state index in [2.05, 4.69) is 10.3 Å². The lowest BCUT2D eigenvalue weighted by molar-refractivity contribution is -0.301. The molecule has 0 aliphatic carbocycles. The van der Waals surface area contributed by atoms with E-state index in [1.165, 1.54) is 0 Å². The van der Waals surface area contributed by atoms with Gasteiger partial charge in [0.1, 0.15) is 24.4 Å². The number of hydrogen-bond acceptors (Lipinski definition) is 10. The number of aromatic nitrogens is 3. The van der Waals surface area contributed by atoms with Gasteiger partial charge in [-0.15, -0.1) is 5.10 Å². The molecule has 1 aliphatic heterocycles. The van der Waals surface area contributed by atoms with E-state index in [0.29, 0.717) is 32.4 Å². The van der Waals surface area contributed by atoms with Gasteiger partial charge in [-0.1, -0.05) is 5.21 Å². The summed E-state index contributed by atoms with van der Waals surface area (Å²) in [6.45, 7) is 6.16. The Bertz CT molecular complexity index is 676. The van der Waals surface area contributed by atoms with Crippen LogP contribution < -0.4 is 0 Å². The molecule has 0 saturated carbocycles. The number of aryl methyl sites for hydroxylation is 2. The number of esters is 1. The van der Waals surface area contributed by atoms with E-state index in [1.54, 1.807) is 4.68 Å². The first-order chi connectivity index (χ1) is 14.6. The third kappa shape index (κ3) is 7.78. The van der Waals surface area contributed by atoms with Gasteiger partial charge in [-0.2, -0.15) is 0 Å². The first-order valence-corrected chi connectivity index (χ1v) is 10.6. The van der Waals surface area contributed by atoms with E-state index in [-0.39, 0.29) is 12.6 Å². The maximum Gasteiger partial charge on any atom is 0.311 e. The predicted molar refractivity (Wildman–Crippen MR) is 108 cm³/mol. The normalized spacial score (nSPS) is 26.7. The van der Waals surface area contributed by atoms with Crippen molar-refractivity contribution in [2.24, 2.45) is 5.41 Å². The van der Waals surface area contributed by atoms with Crippen molar-refractivity contribution in [1.82, 2.24) is 15.0 Å². The second-order valence-corrected chi connectivity index (χ2v) is 8.74.